The van der Waals surface area contributed by atoms with Crippen LogP contribution >= 0.6 is 0 Å². The Balaban J connectivity index is 1.73. The number of allylic oxidation sites excluding steroid dienone is 4. The maximum Gasteiger partial charge on any atom is 0.0991 e. The van der Waals surface area contributed by atoms with Crippen molar-refractivity contribution in [3.63, 3.8) is 0 Å². The summed E-state index contributed by atoms with van der Waals surface area (Å²) < 4.78 is 0. The van der Waals surface area contributed by atoms with E-state index in [1.807, 2.05) is 24.3 Å². The highest BCUT2D eigenvalue weighted by molar-refractivity contribution is 5.33. The summed E-state index contributed by atoms with van der Waals surface area (Å²) in [6.45, 7) is 0. The average molecular weight is 290 g/mol. The van der Waals surface area contributed by atoms with Gasteiger partial charge in [-0.15, -0.1) is 0 Å². The van der Waals surface area contributed by atoms with E-state index in [0.717, 1.165) is 17.9 Å². The van der Waals surface area contributed by atoms with Gasteiger partial charge in [0.15, 0.2) is 0 Å². The smallest absolute Gasteiger partial charge is 0.0991 e. The lowest BCUT2D eigenvalue weighted by Gasteiger charge is -2.28. The third-order valence-corrected chi connectivity index (χ3v) is 4.52. The normalized spacial score (nSPS) is 21.7. The molecule has 1 aliphatic carbocycles. The number of hydrogen-bond acceptors (Lipinski definition) is 2. The van der Waals surface area contributed by atoms with E-state index < -0.39 is 0 Å². The summed E-state index contributed by atoms with van der Waals surface area (Å²) in [5.74, 6) is 1.50. The van der Waals surface area contributed by atoms with E-state index in [-0.39, 0.29) is 0 Å². The molecule has 0 atom stereocenters. The first kappa shape index (κ1) is 16.1. The second-order valence-electron chi connectivity index (χ2n) is 5.95. The predicted octanol–water partition coefficient (Wildman–Crippen LogP) is 5.25. The van der Waals surface area contributed by atoms with E-state index in [0.29, 0.717) is 5.92 Å². The molecule has 22 heavy (non-hydrogen) atoms. The van der Waals surface area contributed by atoms with Crippen LogP contribution in [0.1, 0.15) is 55.6 Å². The summed E-state index contributed by atoms with van der Waals surface area (Å²) in [5.41, 5.74) is 2.13. The third kappa shape index (κ3) is 4.90. The lowest BCUT2D eigenvalue weighted by molar-refractivity contribution is 0.312. The van der Waals surface area contributed by atoms with Crippen molar-refractivity contribution in [2.75, 3.05) is 0 Å². The van der Waals surface area contributed by atoms with Crippen LogP contribution < -0.4 is 0 Å². The first-order valence-corrected chi connectivity index (χ1v) is 8.05. The lowest BCUT2D eigenvalue weighted by Crippen LogP contribution is -2.13. The summed E-state index contributed by atoms with van der Waals surface area (Å²) in [4.78, 5) is 0. The van der Waals surface area contributed by atoms with Crippen LogP contribution in [0, 0.1) is 28.6 Å². The highest BCUT2D eigenvalue weighted by Gasteiger charge is 2.21. The summed E-state index contributed by atoms with van der Waals surface area (Å²) in [6.07, 6.45) is 14.9. The predicted molar refractivity (Wildman–Crippen MR) is 89.0 cm³/mol. The van der Waals surface area contributed by atoms with Gasteiger partial charge in [-0.1, -0.05) is 30.4 Å². The molecular weight excluding hydrogens is 268 g/mol. The Bertz CT molecular complexity index is 588. The molecule has 0 aromatic heterocycles. The summed E-state index contributed by atoms with van der Waals surface area (Å²) in [6, 6.07) is 12.3. The Morgan fingerprint density at radius 3 is 2.36 bits per heavy atom. The quantitative estimate of drug-likeness (QED) is 0.549. The molecule has 0 N–H and O–H groups in total. The highest BCUT2D eigenvalue weighted by atomic mass is 14.3. The van der Waals surface area contributed by atoms with Gasteiger partial charge < -0.3 is 0 Å². The molecule has 0 unspecified atom stereocenters. The fourth-order valence-electron chi connectivity index (χ4n) is 3.22. The maximum atomic E-state index is 8.85. The first-order chi connectivity index (χ1) is 10.8. The molecule has 1 aromatic carbocycles. The molecule has 2 nitrogen and oxygen atoms in total. The van der Waals surface area contributed by atoms with Gasteiger partial charge in [0.1, 0.15) is 0 Å². The van der Waals surface area contributed by atoms with Gasteiger partial charge in [0.2, 0.25) is 0 Å². The molecule has 0 spiro atoms. The van der Waals surface area contributed by atoms with Gasteiger partial charge in [0.25, 0.3) is 0 Å². The zero-order valence-corrected chi connectivity index (χ0v) is 12.9. The van der Waals surface area contributed by atoms with E-state index in [1.54, 1.807) is 6.08 Å². The molecule has 1 aromatic rings. The third-order valence-electron chi connectivity index (χ3n) is 4.52. The zero-order chi connectivity index (χ0) is 15.6. The average Bonchev–Trinajstić information content (AvgIpc) is 2.59. The Morgan fingerprint density at radius 2 is 1.73 bits per heavy atom. The molecule has 1 fully saturated rings. The van der Waals surface area contributed by atoms with Crippen LogP contribution in [0.2, 0.25) is 0 Å². The Hall–Kier alpha value is -2.32. The van der Waals surface area contributed by atoms with Crippen LogP contribution in [-0.2, 0) is 0 Å². The molecule has 0 bridgehead atoms. The molecule has 0 saturated heterocycles. The monoisotopic (exact) mass is 290 g/mol. The van der Waals surface area contributed by atoms with Crippen molar-refractivity contribution in [2.45, 2.75) is 44.4 Å². The molecule has 0 radical (unpaired) electrons. The van der Waals surface area contributed by atoms with Crippen molar-refractivity contribution in [1.82, 2.24) is 0 Å². The largest absolute Gasteiger partial charge is 0.193 e. The molecule has 1 saturated carbocycles. The van der Waals surface area contributed by atoms with E-state index in [1.165, 1.54) is 43.7 Å². The van der Waals surface area contributed by atoms with Crippen molar-refractivity contribution in [1.29, 1.82) is 10.5 Å². The van der Waals surface area contributed by atoms with Crippen LogP contribution in [0.25, 0.3) is 0 Å². The SMILES string of the molecule is N#CC=CC=CCC[C@H]1CC[C@H](c2ccc(C#N)cc2)CC1. The Labute approximate surface area is 133 Å². The topological polar surface area (TPSA) is 47.6 Å². The molecular formula is C20H22N2. The second kappa shape index (κ2) is 8.85. The van der Waals surface area contributed by atoms with E-state index in [9.17, 15) is 0 Å². The fourth-order valence-corrected chi connectivity index (χ4v) is 3.22. The van der Waals surface area contributed by atoms with Crippen LogP contribution in [0.4, 0.5) is 0 Å². The molecule has 112 valence electrons. The van der Waals surface area contributed by atoms with E-state index in [4.69, 9.17) is 10.5 Å². The molecule has 0 heterocycles. The lowest BCUT2D eigenvalue weighted by atomic mass is 9.77. The molecule has 0 amide bonds. The van der Waals surface area contributed by atoms with E-state index in [2.05, 4.69) is 24.3 Å². The van der Waals surface area contributed by atoms with Gasteiger partial charge in [-0.05, 0) is 68.1 Å². The Kier molecular flexibility index (Phi) is 6.46. The van der Waals surface area contributed by atoms with Gasteiger partial charge in [-0.3, -0.25) is 0 Å². The van der Waals surface area contributed by atoms with Crippen LogP contribution in [0.15, 0.2) is 48.6 Å². The molecule has 0 aliphatic heterocycles. The number of nitriles is 2. The van der Waals surface area contributed by atoms with Gasteiger partial charge in [0, 0.05) is 6.08 Å². The first-order valence-electron chi connectivity index (χ1n) is 8.05. The highest BCUT2D eigenvalue weighted by Crippen LogP contribution is 2.37. The van der Waals surface area contributed by atoms with Crippen LogP contribution in [-0.4, -0.2) is 0 Å². The van der Waals surface area contributed by atoms with Gasteiger partial charge in [0.05, 0.1) is 17.7 Å². The minimum absolute atomic E-state index is 0.665. The minimum atomic E-state index is 0.665. The Morgan fingerprint density at radius 1 is 1.00 bits per heavy atom. The van der Waals surface area contributed by atoms with Gasteiger partial charge >= 0.3 is 0 Å². The standard InChI is InChI=1S/C20H22N2/c21-15-5-3-1-2-4-6-17-7-11-19(12-8-17)20-13-9-18(16-22)10-14-20/h1-3,5,9-10,13-14,17,19H,4,6-8,11-12H2/t17-,19-. The van der Waals surface area contributed by atoms with Crippen molar-refractivity contribution < 1.29 is 0 Å². The zero-order valence-electron chi connectivity index (χ0n) is 12.9. The summed E-state index contributed by atoms with van der Waals surface area (Å²) in [5, 5.41) is 17.2. The number of hydrogen-bond donors (Lipinski definition) is 0. The van der Waals surface area contributed by atoms with Crippen LogP contribution in [0.3, 0.4) is 0 Å². The molecule has 2 rings (SSSR count). The number of nitrogens with zero attached hydrogens (tertiary/aromatic N) is 2. The van der Waals surface area contributed by atoms with Gasteiger partial charge in [-0.2, -0.15) is 10.5 Å². The van der Waals surface area contributed by atoms with Crippen LogP contribution in [0.5, 0.6) is 0 Å². The van der Waals surface area contributed by atoms with Crippen molar-refractivity contribution in [2.24, 2.45) is 5.92 Å². The summed E-state index contributed by atoms with van der Waals surface area (Å²) >= 11 is 0. The molecule has 2 heteroatoms. The summed E-state index contributed by atoms with van der Waals surface area (Å²) in [7, 11) is 0. The molecule has 1 aliphatic rings. The maximum absolute atomic E-state index is 8.85. The van der Waals surface area contributed by atoms with Crippen molar-refractivity contribution in [3.05, 3.63) is 59.7 Å². The van der Waals surface area contributed by atoms with E-state index >= 15 is 0 Å². The van der Waals surface area contributed by atoms with Gasteiger partial charge in [-0.25, -0.2) is 0 Å². The number of rotatable bonds is 5. The van der Waals surface area contributed by atoms with Crippen molar-refractivity contribution >= 4 is 0 Å². The van der Waals surface area contributed by atoms with Crippen molar-refractivity contribution in [3.8, 4) is 12.1 Å². The second-order valence-corrected chi connectivity index (χ2v) is 5.95. The fraction of sp³-hybridized carbons (Fsp3) is 0.400. The number of benzene rings is 1. The minimum Gasteiger partial charge on any atom is -0.193 e.